The van der Waals surface area contributed by atoms with Crippen molar-refractivity contribution in [3.05, 3.63) is 52.3 Å². The van der Waals surface area contributed by atoms with E-state index in [0.717, 1.165) is 61.3 Å². The highest BCUT2D eigenvalue weighted by atomic mass is 35.5. The van der Waals surface area contributed by atoms with Crippen LogP contribution in [0.1, 0.15) is 53.3 Å². The number of carbonyl (C=O) groups excluding carboxylic acids is 1. The standard InChI is InChI=1S/C23H27ClN6O3S/c1-15-14-30-21(25-22(15)28-9-5-10-28)13-19(26-30)20-6-3-4-11-29(20)23(31)17-12-16(24)7-8-18(17)27-34(2,32)33/h7-8,12-14,20,27H,3-6,9-11H2,1-2H3/t20-/m0/s1. The second-order valence-corrected chi connectivity index (χ2v) is 11.2. The smallest absolute Gasteiger partial charge is 0.256 e. The molecular formula is C23H27ClN6O3S. The minimum atomic E-state index is -3.56. The predicted octanol–water partition coefficient (Wildman–Crippen LogP) is 3.64. The number of likely N-dealkylation sites (tertiary alicyclic amines) is 1. The van der Waals surface area contributed by atoms with Gasteiger partial charge in [0.15, 0.2) is 5.65 Å². The van der Waals surface area contributed by atoms with Gasteiger partial charge < -0.3 is 9.80 Å². The molecule has 34 heavy (non-hydrogen) atoms. The predicted molar refractivity (Wildman–Crippen MR) is 132 cm³/mol. The fourth-order valence-electron chi connectivity index (χ4n) is 4.65. The summed E-state index contributed by atoms with van der Waals surface area (Å²) in [5.41, 5.74) is 3.03. The number of nitrogens with zero attached hydrogens (tertiary/aromatic N) is 5. The van der Waals surface area contributed by atoms with Crippen LogP contribution in [0.2, 0.25) is 5.02 Å². The van der Waals surface area contributed by atoms with E-state index in [9.17, 15) is 13.2 Å². The van der Waals surface area contributed by atoms with Gasteiger partial charge in [-0.2, -0.15) is 5.10 Å². The van der Waals surface area contributed by atoms with Gasteiger partial charge in [-0.3, -0.25) is 9.52 Å². The molecule has 5 rings (SSSR count). The first kappa shape index (κ1) is 22.9. The highest BCUT2D eigenvalue weighted by Crippen LogP contribution is 2.34. The van der Waals surface area contributed by atoms with Crippen molar-refractivity contribution in [2.45, 2.75) is 38.6 Å². The van der Waals surface area contributed by atoms with E-state index in [1.54, 1.807) is 15.5 Å². The van der Waals surface area contributed by atoms with Crippen LogP contribution in [0.15, 0.2) is 30.5 Å². The number of rotatable bonds is 5. The second kappa shape index (κ2) is 8.74. The molecule has 11 heteroatoms. The van der Waals surface area contributed by atoms with Crippen molar-refractivity contribution in [1.82, 2.24) is 19.5 Å². The molecule has 2 aromatic heterocycles. The van der Waals surface area contributed by atoms with E-state index < -0.39 is 10.0 Å². The van der Waals surface area contributed by atoms with Crippen LogP contribution >= 0.6 is 11.6 Å². The number of carbonyl (C=O) groups is 1. The average molecular weight is 503 g/mol. The van der Waals surface area contributed by atoms with Crippen LogP contribution in [-0.2, 0) is 10.0 Å². The highest BCUT2D eigenvalue weighted by Gasteiger charge is 2.32. The van der Waals surface area contributed by atoms with Gasteiger partial charge in [0.1, 0.15) is 5.82 Å². The fourth-order valence-corrected chi connectivity index (χ4v) is 5.40. The van der Waals surface area contributed by atoms with Gasteiger partial charge in [0.05, 0.1) is 29.2 Å². The number of aryl methyl sites for hydroxylation is 1. The molecule has 2 saturated heterocycles. The molecule has 0 bridgehead atoms. The molecule has 2 fully saturated rings. The first-order chi connectivity index (χ1) is 16.2. The van der Waals surface area contributed by atoms with Crippen LogP contribution < -0.4 is 9.62 Å². The number of amides is 1. The normalized spacial score (nSPS) is 18.7. The lowest BCUT2D eigenvalue weighted by atomic mass is 9.98. The summed E-state index contributed by atoms with van der Waals surface area (Å²) < 4.78 is 27.9. The Kier molecular flexibility index (Phi) is 5.89. The third-order valence-corrected chi connectivity index (χ3v) is 7.22. The molecule has 0 aliphatic carbocycles. The Labute approximate surface area is 203 Å². The number of benzene rings is 1. The SMILES string of the molecule is Cc1cn2nc([C@@H]3CCCCN3C(=O)c3cc(Cl)ccc3NS(C)(=O)=O)cc2nc1N1CCC1. The summed E-state index contributed by atoms with van der Waals surface area (Å²) >= 11 is 6.17. The molecule has 9 nitrogen and oxygen atoms in total. The summed E-state index contributed by atoms with van der Waals surface area (Å²) in [5, 5.41) is 5.13. The van der Waals surface area contributed by atoms with Crippen LogP contribution in [0.4, 0.5) is 11.5 Å². The average Bonchev–Trinajstić information content (AvgIpc) is 3.15. The van der Waals surface area contributed by atoms with E-state index in [1.165, 1.54) is 18.6 Å². The number of nitrogens with one attached hydrogen (secondary N) is 1. The number of halogens is 1. The molecular weight excluding hydrogens is 476 g/mol. The number of hydrogen-bond acceptors (Lipinski definition) is 6. The van der Waals surface area contributed by atoms with Crippen molar-refractivity contribution in [1.29, 1.82) is 0 Å². The van der Waals surface area contributed by atoms with Crippen LogP contribution in [-0.4, -0.2) is 59.7 Å². The van der Waals surface area contributed by atoms with Crippen molar-refractivity contribution < 1.29 is 13.2 Å². The van der Waals surface area contributed by atoms with Gasteiger partial charge in [-0.05, 0) is 50.8 Å². The van der Waals surface area contributed by atoms with Crippen molar-refractivity contribution in [3.63, 3.8) is 0 Å². The first-order valence-electron chi connectivity index (χ1n) is 11.4. The van der Waals surface area contributed by atoms with Crippen LogP contribution in [0.5, 0.6) is 0 Å². The summed E-state index contributed by atoms with van der Waals surface area (Å²) in [4.78, 5) is 22.5. The number of piperidine rings is 1. The Balaban J connectivity index is 1.50. The Hall–Kier alpha value is -2.85. The summed E-state index contributed by atoms with van der Waals surface area (Å²) in [6.45, 7) is 4.61. The first-order valence-corrected chi connectivity index (χ1v) is 13.7. The quantitative estimate of drug-likeness (QED) is 0.571. The zero-order valence-corrected chi connectivity index (χ0v) is 20.7. The summed E-state index contributed by atoms with van der Waals surface area (Å²) in [7, 11) is -3.56. The molecule has 1 aromatic carbocycles. The van der Waals surface area contributed by atoms with Crippen molar-refractivity contribution in [2.75, 3.05) is 35.5 Å². The molecule has 2 aliphatic heterocycles. The van der Waals surface area contributed by atoms with Crippen molar-refractivity contribution in [2.24, 2.45) is 0 Å². The van der Waals surface area contributed by atoms with Crippen molar-refractivity contribution in [3.8, 4) is 0 Å². The number of aromatic nitrogens is 3. The van der Waals surface area contributed by atoms with Crippen molar-refractivity contribution >= 4 is 44.7 Å². The van der Waals surface area contributed by atoms with Crippen LogP contribution in [0.25, 0.3) is 5.65 Å². The largest absolute Gasteiger partial charge is 0.356 e. The van der Waals surface area contributed by atoms with Gasteiger partial charge >= 0.3 is 0 Å². The summed E-state index contributed by atoms with van der Waals surface area (Å²) in [5.74, 6) is 0.706. The third kappa shape index (κ3) is 4.44. The summed E-state index contributed by atoms with van der Waals surface area (Å²) in [6, 6.07) is 6.31. The highest BCUT2D eigenvalue weighted by molar-refractivity contribution is 7.92. The second-order valence-electron chi connectivity index (χ2n) is 9.03. The molecule has 0 saturated carbocycles. The molecule has 2 aliphatic rings. The lowest BCUT2D eigenvalue weighted by Gasteiger charge is -2.35. The van der Waals surface area contributed by atoms with E-state index in [2.05, 4.69) is 9.62 Å². The van der Waals surface area contributed by atoms with E-state index in [1.807, 2.05) is 19.2 Å². The molecule has 180 valence electrons. The Morgan fingerprint density at radius 1 is 1.15 bits per heavy atom. The third-order valence-electron chi connectivity index (χ3n) is 6.39. The maximum atomic E-state index is 13.7. The minimum Gasteiger partial charge on any atom is -0.356 e. The van der Waals surface area contributed by atoms with E-state index >= 15 is 0 Å². The van der Waals surface area contributed by atoms with Gasteiger partial charge in [0.2, 0.25) is 10.0 Å². The fraction of sp³-hybridized carbons (Fsp3) is 0.435. The maximum absolute atomic E-state index is 13.7. The molecule has 0 spiro atoms. The van der Waals surface area contributed by atoms with Gasteiger partial charge in [0.25, 0.3) is 5.91 Å². The number of anilines is 2. The molecule has 4 heterocycles. The molecule has 3 aromatic rings. The Morgan fingerprint density at radius 3 is 2.65 bits per heavy atom. The van der Waals surface area contributed by atoms with Gasteiger partial charge in [-0.15, -0.1) is 0 Å². The maximum Gasteiger partial charge on any atom is 0.256 e. The zero-order valence-electron chi connectivity index (χ0n) is 19.2. The topological polar surface area (TPSA) is 99.9 Å². The molecule has 1 atom stereocenters. The molecule has 0 unspecified atom stereocenters. The Bertz CT molecular complexity index is 1370. The number of hydrogen-bond donors (Lipinski definition) is 1. The van der Waals surface area contributed by atoms with Gasteiger partial charge in [0, 0.05) is 42.5 Å². The van der Waals surface area contributed by atoms with Crippen LogP contribution in [0, 0.1) is 6.92 Å². The van der Waals surface area contributed by atoms with E-state index in [4.69, 9.17) is 21.7 Å². The van der Waals surface area contributed by atoms with E-state index in [-0.39, 0.29) is 23.2 Å². The van der Waals surface area contributed by atoms with Crippen LogP contribution in [0.3, 0.4) is 0 Å². The molecule has 1 amide bonds. The Morgan fingerprint density at radius 2 is 1.94 bits per heavy atom. The van der Waals surface area contributed by atoms with Gasteiger partial charge in [-0.25, -0.2) is 17.9 Å². The van der Waals surface area contributed by atoms with E-state index in [0.29, 0.717) is 11.6 Å². The molecule has 1 N–H and O–H groups in total. The summed E-state index contributed by atoms with van der Waals surface area (Å²) in [6.07, 6.45) is 6.82. The minimum absolute atomic E-state index is 0.215. The molecule has 0 radical (unpaired) electrons. The van der Waals surface area contributed by atoms with Gasteiger partial charge in [-0.1, -0.05) is 11.6 Å². The number of sulfonamides is 1. The lowest BCUT2D eigenvalue weighted by Crippen LogP contribution is -2.39. The monoisotopic (exact) mass is 502 g/mol. The lowest BCUT2D eigenvalue weighted by molar-refractivity contribution is 0.0607. The number of fused-ring (bicyclic) bond motifs is 1. The zero-order chi connectivity index (χ0) is 24.0.